The quantitative estimate of drug-likeness (QED) is 0.451. The molecule has 0 atom stereocenters. The summed E-state index contributed by atoms with van der Waals surface area (Å²) in [6.07, 6.45) is 2.26. The Bertz CT molecular complexity index is 416. The molecule has 0 fully saturated rings. The molecule has 0 saturated heterocycles. The SMILES string of the molecule is CCCCNC(N)=NCc1ccc(OCC)c(C)c1. The van der Waals surface area contributed by atoms with Gasteiger partial charge in [-0.25, -0.2) is 4.99 Å². The highest BCUT2D eigenvalue weighted by atomic mass is 16.5. The highest BCUT2D eigenvalue weighted by molar-refractivity contribution is 5.77. The summed E-state index contributed by atoms with van der Waals surface area (Å²) in [7, 11) is 0. The molecular formula is C15H25N3O. The minimum atomic E-state index is 0.514. The molecule has 0 amide bonds. The van der Waals surface area contributed by atoms with Crippen molar-refractivity contribution in [1.82, 2.24) is 5.32 Å². The summed E-state index contributed by atoms with van der Waals surface area (Å²) in [6, 6.07) is 6.11. The molecule has 0 bridgehead atoms. The van der Waals surface area contributed by atoms with Gasteiger partial charge in [-0.1, -0.05) is 25.5 Å². The maximum atomic E-state index is 5.79. The van der Waals surface area contributed by atoms with Gasteiger partial charge in [-0.3, -0.25) is 0 Å². The second-order valence-electron chi connectivity index (χ2n) is 4.51. The first kappa shape index (κ1) is 15.3. The Morgan fingerprint density at radius 2 is 2.16 bits per heavy atom. The second kappa shape index (κ2) is 8.40. The molecule has 0 spiro atoms. The Morgan fingerprint density at radius 1 is 1.37 bits per heavy atom. The smallest absolute Gasteiger partial charge is 0.188 e. The van der Waals surface area contributed by atoms with Crippen molar-refractivity contribution in [3.05, 3.63) is 29.3 Å². The molecule has 4 heteroatoms. The molecule has 1 aromatic carbocycles. The summed E-state index contributed by atoms with van der Waals surface area (Å²) in [5, 5.41) is 3.10. The minimum absolute atomic E-state index is 0.514. The molecule has 0 heterocycles. The van der Waals surface area contributed by atoms with Gasteiger partial charge in [0.05, 0.1) is 13.2 Å². The number of hydrogen-bond donors (Lipinski definition) is 2. The molecule has 1 aromatic rings. The fourth-order valence-electron chi connectivity index (χ4n) is 1.75. The van der Waals surface area contributed by atoms with E-state index in [-0.39, 0.29) is 0 Å². The van der Waals surface area contributed by atoms with Gasteiger partial charge in [0.2, 0.25) is 0 Å². The van der Waals surface area contributed by atoms with Crippen molar-refractivity contribution < 1.29 is 4.74 Å². The molecule has 0 aliphatic rings. The highest BCUT2D eigenvalue weighted by Gasteiger charge is 2.00. The number of aliphatic imine (C=N–C) groups is 1. The van der Waals surface area contributed by atoms with Crippen LogP contribution in [0.15, 0.2) is 23.2 Å². The molecule has 0 radical (unpaired) electrons. The topological polar surface area (TPSA) is 59.6 Å². The Kier molecular flexibility index (Phi) is 6.79. The van der Waals surface area contributed by atoms with Crippen LogP contribution in [0.2, 0.25) is 0 Å². The number of aryl methyl sites for hydroxylation is 1. The number of nitrogens with one attached hydrogen (secondary N) is 1. The van der Waals surface area contributed by atoms with Crippen LogP contribution in [-0.4, -0.2) is 19.1 Å². The van der Waals surface area contributed by atoms with Crippen LogP contribution in [0.5, 0.6) is 5.75 Å². The van der Waals surface area contributed by atoms with Gasteiger partial charge >= 0.3 is 0 Å². The maximum Gasteiger partial charge on any atom is 0.188 e. The normalized spacial score (nSPS) is 11.4. The van der Waals surface area contributed by atoms with Crippen LogP contribution in [-0.2, 0) is 6.54 Å². The van der Waals surface area contributed by atoms with Gasteiger partial charge in [-0.15, -0.1) is 0 Å². The van der Waals surface area contributed by atoms with E-state index in [1.165, 1.54) is 0 Å². The zero-order valence-electron chi connectivity index (χ0n) is 12.2. The molecule has 1 rings (SSSR count). The number of rotatable bonds is 7. The first-order valence-corrected chi connectivity index (χ1v) is 6.93. The van der Waals surface area contributed by atoms with Crippen LogP contribution in [0.4, 0.5) is 0 Å². The van der Waals surface area contributed by atoms with Crippen molar-refractivity contribution in [2.45, 2.75) is 40.2 Å². The van der Waals surface area contributed by atoms with Crippen LogP contribution in [0.25, 0.3) is 0 Å². The molecule has 0 aliphatic heterocycles. The third-order valence-electron chi connectivity index (χ3n) is 2.81. The highest BCUT2D eigenvalue weighted by Crippen LogP contribution is 2.19. The summed E-state index contributed by atoms with van der Waals surface area (Å²) < 4.78 is 5.51. The summed E-state index contributed by atoms with van der Waals surface area (Å²) in [5.41, 5.74) is 8.06. The molecule has 106 valence electrons. The monoisotopic (exact) mass is 263 g/mol. The van der Waals surface area contributed by atoms with Crippen LogP contribution in [0.1, 0.15) is 37.8 Å². The van der Waals surface area contributed by atoms with Crippen LogP contribution in [0.3, 0.4) is 0 Å². The average Bonchev–Trinajstić information content (AvgIpc) is 2.40. The van der Waals surface area contributed by atoms with E-state index >= 15 is 0 Å². The van der Waals surface area contributed by atoms with Crippen molar-refractivity contribution in [3.8, 4) is 5.75 Å². The lowest BCUT2D eigenvalue weighted by Crippen LogP contribution is -2.32. The fraction of sp³-hybridized carbons (Fsp3) is 0.533. The number of ether oxygens (including phenoxy) is 1. The molecule has 19 heavy (non-hydrogen) atoms. The number of nitrogens with zero attached hydrogens (tertiary/aromatic N) is 1. The second-order valence-corrected chi connectivity index (χ2v) is 4.51. The van der Waals surface area contributed by atoms with E-state index in [4.69, 9.17) is 10.5 Å². The molecular weight excluding hydrogens is 238 g/mol. The van der Waals surface area contributed by atoms with Crippen molar-refractivity contribution in [3.63, 3.8) is 0 Å². The summed E-state index contributed by atoms with van der Waals surface area (Å²) >= 11 is 0. The Morgan fingerprint density at radius 3 is 2.79 bits per heavy atom. The van der Waals surface area contributed by atoms with E-state index in [0.29, 0.717) is 19.1 Å². The van der Waals surface area contributed by atoms with Gasteiger partial charge in [0.1, 0.15) is 5.75 Å². The number of benzene rings is 1. The standard InChI is InChI=1S/C15H25N3O/c1-4-6-9-17-15(16)18-11-13-7-8-14(19-5-2)12(3)10-13/h7-8,10H,4-6,9,11H2,1-3H3,(H3,16,17,18). The van der Waals surface area contributed by atoms with E-state index in [1.807, 2.05) is 26.0 Å². The summed E-state index contributed by atoms with van der Waals surface area (Å²) in [4.78, 5) is 4.33. The third kappa shape index (κ3) is 5.64. The Labute approximate surface area is 116 Å². The van der Waals surface area contributed by atoms with E-state index in [2.05, 4.69) is 23.3 Å². The lowest BCUT2D eigenvalue weighted by Gasteiger charge is -2.08. The van der Waals surface area contributed by atoms with Gasteiger partial charge < -0.3 is 15.8 Å². The van der Waals surface area contributed by atoms with Gasteiger partial charge in [-0.05, 0) is 37.5 Å². The summed E-state index contributed by atoms with van der Waals surface area (Å²) in [6.45, 7) is 8.35. The number of unbranched alkanes of at least 4 members (excludes halogenated alkanes) is 1. The van der Waals surface area contributed by atoms with Crippen LogP contribution in [0, 0.1) is 6.92 Å². The molecule has 3 N–H and O–H groups in total. The van der Waals surface area contributed by atoms with Crippen molar-refractivity contribution in [1.29, 1.82) is 0 Å². The first-order chi connectivity index (χ1) is 9.17. The molecule has 4 nitrogen and oxygen atoms in total. The number of nitrogens with two attached hydrogens (primary N) is 1. The van der Waals surface area contributed by atoms with Gasteiger partial charge in [0, 0.05) is 6.54 Å². The van der Waals surface area contributed by atoms with Gasteiger partial charge in [0.15, 0.2) is 5.96 Å². The first-order valence-electron chi connectivity index (χ1n) is 6.93. The van der Waals surface area contributed by atoms with Crippen LogP contribution < -0.4 is 15.8 Å². The summed E-state index contributed by atoms with van der Waals surface area (Å²) in [5.74, 6) is 1.45. The average molecular weight is 263 g/mol. The maximum absolute atomic E-state index is 5.79. The Balaban J connectivity index is 2.53. The van der Waals surface area contributed by atoms with E-state index in [0.717, 1.165) is 36.3 Å². The minimum Gasteiger partial charge on any atom is -0.494 e. The molecule has 0 aromatic heterocycles. The van der Waals surface area contributed by atoms with Gasteiger partial charge in [0.25, 0.3) is 0 Å². The molecule has 0 unspecified atom stereocenters. The zero-order valence-corrected chi connectivity index (χ0v) is 12.2. The molecule has 0 aliphatic carbocycles. The predicted octanol–water partition coefficient (Wildman–Crippen LogP) is 2.60. The van der Waals surface area contributed by atoms with Crippen LogP contribution >= 0.6 is 0 Å². The fourth-order valence-corrected chi connectivity index (χ4v) is 1.75. The van der Waals surface area contributed by atoms with E-state index in [1.54, 1.807) is 0 Å². The predicted molar refractivity (Wildman–Crippen MR) is 80.6 cm³/mol. The number of guanidine groups is 1. The van der Waals surface area contributed by atoms with Crippen molar-refractivity contribution in [2.75, 3.05) is 13.2 Å². The number of hydrogen-bond acceptors (Lipinski definition) is 2. The van der Waals surface area contributed by atoms with E-state index < -0.39 is 0 Å². The zero-order chi connectivity index (χ0) is 14.1. The third-order valence-corrected chi connectivity index (χ3v) is 2.81. The molecule has 0 saturated carbocycles. The lowest BCUT2D eigenvalue weighted by atomic mass is 10.1. The largest absolute Gasteiger partial charge is 0.494 e. The van der Waals surface area contributed by atoms with Crippen molar-refractivity contribution >= 4 is 5.96 Å². The lowest BCUT2D eigenvalue weighted by molar-refractivity contribution is 0.338. The Hall–Kier alpha value is -1.71. The van der Waals surface area contributed by atoms with E-state index in [9.17, 15) is 0 Å². The van der Waals surface area contributed by atoms with Gasteiger partial charge in [-0.2, -0.15) is 0 Å². The van der Waals surface area contributed by atoms with Crippen molar-refractivity contribution in [2.24, 2.45) is 10.7 Å².